The number of halogens is 2. The van der Waals surface area contributed by atoms with Gasteiger partial charge in [0, 0.05) is 17.7 Å². The van der Waals surface area contributed by atoms with Crippen LogP contribution >= 0.6 is 11.5 Å². The standard InChI is InChI=1S/C14H10F2N2O2S/c1-5-9-8(4-7(15)11(5)16)18(6-2-3-6)14-10(12(9)19)13(20)17-21-14/h4,6H,2-3H2,1H3,(H,17,20). The molecule has 0 bridgehead atoms. The highest BCUT2D eigenvalue weighted by molar-refractivity contribution is 7.12. The van der Waals surface area contributed by atoms with Crippen molar-refractivity contribution in [2.75, 3.05) is 0 Å². The monoisotopic (exact) mass is 308 g/mol. The number of aryl methyl sites for hydroxylation is 1. The number of pyridine rings is 1. The van der Waals surface area contributed by atoms with Gasteiger partial charge in [0.1, 0.15) is 10.2 Å². The number of hydrogen-bond donors (Lipinski definition) is 1. The molecule has 2 aromatic heterocycles. The number of nitrogens with zero attached hydrogens (tertiary/aromatic N) is 1. The number of rotatable bonds is 1. The third kappa shape index (κ3) is 1.58. The van der Waals surface area contributed by atoms with Gasteiger partial charge in [-0.3, -0.25) is 14.0 Å². The molecule has 1 aliphatic carbocycles. The van der Waals surface area contributed by atoms with E-state index in [0.29, 0.717) is 10.3 Å². The largest absolute Gasteiger partial charge is 0.327 e. The highest BCUT2D eigenvalue weighted by Crippen LogP contribution is 2.40. The summed E-state index contributed by atoms with van der Waals surface area (Å²) in [6, 6.07) is 1.19. The molecule has 1 aromatic carbocycles. The first-order valence-electron chi connectivity index (χ1n) is 6.54. The van der Waals surface area contributed by atoms with Gasteiger partial charge in [-0.25, -0.2) is 8.78 Å². The molecule has 0 unspecified atom stereocenters. The van der Waals surface area contributed by atoms with E-state index in [0.717, 1.165) is 30.4 Å². The van der Waals surface area contributed by atoms with E-state index in [1.54, 1.807) is 4.57 Å². The zero-order valence-corrected chi connectivity index (χ0v) is 11.8. The van der Waals surface area contributed by atoms with Crippen molar-refractivity contribution in [3.05, 3.63) is 43.8 Å². The number of aromatic amines is 1. The molecule has 0 saturated heterocycles. The highest BCUT2D eigenvalue weighted by atomic mass is 32.1. The van der Waals surface area contributed by atoms with Crippen LogP contribution in [0.3, 0.4) is 0 Å². The summed E-state index contributed by atoms with van der Waals surface area (Å²) in [6.45, 7) is 1.37. The molecule has 1 aliphatic rings. The molecular formula is C14H10F2N2O2S. The number of fused-ring (bicyclic) bond motifs is 2. The van der Waals surface area contributed by atoms with Crippen LogP contribution in [0.25, 0.3) is 21.1 Å². The van der Waals surface area contributed by atoms with Gasteiger partial charge < -0.3 is 4.57 Å². The maximum absolute atomic E-state index is 13.8. The second-order valence-electron chi connectivity index (χ2n) is 5.34. The SMILES string of the molecule is Cc1c(F)c(F)cc2c1c(=O)c1c(=O)[nH]sc1n2C1CC1. The Kier molecular flexibility index (Phi) is 2.42. The lowest BCUT2D eigenvalue weighted by molar-refractivity contribution is 0.505. The fourth-order valence-corrected chi connectivity index (χ4v) is 3.73. The van der Waals surface area contributed by atoms with E-state index in [1.165, 1.54) is 6.92 Å². The molecule has 3 aromatic rings. The van der Waals surface area contributed by atoms with Crippen molar-refractivity contribution in [2.45, 2.75) is 25.8 Å². The van der Waals surface area contributed by atoms with Crippen molar-refractivity contribution in [3.63, 3.8) is 0 Å². The molecule has 21 heavy (non-hydrogen) atoms. The Hall–Kier alpha value is -2.02. The Morgan fingerprint density at radius 3 is 2.67 bits per heavy atom. The van der Waals surface area contributed by atoms with Gasteiger partial charge in [0.25, 0.3) is 5.56 Å². The lowest BCUT2D eigenvalue weighted by Crippen LogP contribution is -2.17. The van der Waals surface area contributed by atoms with E-state index in [-0.39, 0.29) is 22.4 Å². The Balaban J connectivity index is 2.38. The maximum Gasteiger partial charge on any atom is 0.271 e. The minimum absolute atomic E-state index is 0.0357. The first kappa shape index (κ1) is 12.7. The number of H-pyrrole nitrogens is 1. The van der Waals surface area contributed by atoms with E-state index in [2.05, 4.69) is 4.37 Å². The van der Waals surface area contributed by atoms with Crippen LogP contribution in [-0.4, -0.2) is 8.94 Å². The van der Waals surface area contributed by atoms with Crippen molar-refractivity contribution in [3.8, 4) is 0 Å². The lowest BCUT2D eigenvalue weighted by Gasteiger charge is -2.13. The van der Waals surface area contributed by atoms with Gasteiger partial charge in [-0.1, -0.05) is 0 Å². The Morgan fingerprint density at radius 1 is 1.29 bits per heavy atom. The summed E-state index contributed by atoms with van der Waals surface area (Å²) in [5.41, 5.74) is -0.685. The second-order valence-corrected chi connectivity index (χ2v) is 6.13. The first-order valence-corrected chi connectivity index (χ1v) is 7.36. The molecular weight excluding hydrogens is 298 g/mol. The highest BCUT2D eigenvalue weighted by Gasteiger charge is 2.30. The average Bonchev–Trinajstić information content (AvgIpc) is 3.19. The predicted molar refractivity (Wildman–Crippen MR) is 77.1 cm³/mol. The van der Waals surface area contributed by atoms with Crippen LogP contribution in [-0.2, 0) is 0 Å². The van der Waals surface area contributed by atoms with Crippen LogP contribution in [0, 0.1) is 18.6 Å². The minimum atomic E-state index is -1.03. The number of benzene rings is 1. The summed E-state index contributed by atoms with van der Waals surface area (Å²) >= 11 is 1.06. The Labute approximate surface area is 120 Å². The third-order valence-electron chi connectivity index (χ3n) is 3.96. The lowest BCUT2D eigenvalue weighted by atomic mass is 10.1. The van der Waals surface area contributed by atoms with Crippen molar-refractivity contribution in [1.29, 1.82) is 0 Å². The van der Waals surface area contributed by atoms with E-state index in [1.807, 2.05) is 0 Å². The molecule has 4 rings (SSSR count). The number of hydrogen-bond acceptors (Lipinski definition) is 3. The van der Waals surface area contributed by atoms with Crippen molar-refractivity contribution in [2.24, 2.45) is 0 Å². The van der Waals surface area contributed by atoms with Crippen molar-refractivity contribution >= 4 is 32.7 Å². The fraction of sp³-hybridized carbons (Fsp3) is 0.286. The normalized spacial score (nSPS) is 15.2. The zero-order valence-electron chi connectivity index (χ0n) is 11.0. The molecule has 4 nitrogen and oxygen atoms in total. The van der Waals surface area contributed by atoms with Crippen LogP contribution in [0.1, 0.15) is 24.4 Å². The van der Waals surface area contributed by atoms with E-state index >= 15 is 0 Å². The molecule has 0 atom stereocenters. The molecule has 108 valence electrons. The van der Waals surface area contributed by atoms with Crippen LogP contribution in [0.5, 0.6) is 0 Å². The molecule has 0 spiro atoms. The first-order chi connectivity index (χ1) is 10.0. The molecule has 1 saturated carbocycles. The molecule has 1 N–H and O–H groups in total. The van der Waals surface area contributed by atoms with E-state index in [9.17, 15) is 18.4 Å². The van der Waals surface area contributed by atoms with Crippen LogP contribution < -0.4 is 11.0 Å². The van der Waals surface area contributed by atoms with Gasteiger partial charge >= 0.3 is 0 Å². The number of nitrogens with one attached hydrogen (secondary N) is 1. The summed E-state index contributed by atoms with van der Waals surface area (Å²) in [7, 11) is 0. The summed E-state index contributed by atoms with van der Waals surface area (Å²) in [5.74, 6) is -2.01. The predicted octanol–water partition coefficient (Wildman–Crippen LogP) is 2.83. The molecule has 0 amide bonds. The van der Waals surface area contributed by atoms with Gasteiger partial charge in [0.15, 0.2) is 11.6 Å². The summed E-state index contributed by atoms with van der Waals surface area (Å²) < 4.78 is 31.9. The summed E-state index contributed by atoms with van der Waals surface area (Å²) in [4.78, 5) is 24.9. The average molecular weight is 308 g/mol. The quantitative estimate of drug-likeness (QED) is 0.751. The van der Waals surface area contributed by atoms with Gasteiger partial charge in [0.2, 0.25) is 5.43 Å². The maximum atomic E-state index is 13.8. The van der Waals surface area contributed by atoms with Gasteiger partial charge in [-0.2, -0.15) is 0 Å². The smallest absolute Gasteiger partial charge is 0.271 e. The third-order valence-corrected chi connectivity index (χ3v) is 4.84. The molecule has 7 heteroatoms. The van der Waals surface area contributed by atoms with Crippen LogP contribution in [0.4, 0.5) is 8.78 Å². The fourth-order valence-electron chi connectivity index (χ4n) is 2.81. The summed E-state index contributed by atoms with van der Waals surface area (Å²) in [6.07, 6.45) is 1.80. The van der Waals surface area contributed by atoms with Crippen LogP contribution in [0.15, 0.2) is 15.7 Å². The zero-order chi connectivity index (χ0) is 14.9. The minimum Gasteiger partial charge on any atom is -0.327 e. The molecule has 0 aliphatic heterocycles. The van der Waals surface area contributed by atoms with Crippen molar-refractivity contribution in [1.82, 2.24) is 8.94 Å². The van der Waals surface area contributed by atoms with E-state index < -0.39 is 22.6 Å². The van der Waals surface area contributed by atoms with Crippen molar-refractivity contribution < 1.29 is 8.78 Å². The second kappa shape index (κ2) is 4.00. The molecule has 1 fully saturated rings. The van der Waals surface area contributed by atoms with Gasteiger partial charge in [-0.15, -0.1) is 0 Å². The topological polar surface area (TPSA) is 54.9 Å². The van der Waals surface area contributed by atoms with Crippen LogP contribution in [0.2, 0.25) is 0 Å². The summed E-state index contributed by atoms with van der Waals surface area (Å²) in [5, 5.41) is 0.130. The van der Waals surface area contributed by atoms with Gasteiger partial charge in [-0.05, 0) is 31.3 Å². The molecule has 2 heterocycles. The Morgan fingerprint density at radius 2 is 2.00 bits per heavy atom. The number of aromatic nitrogens is 2. The Bertz CT molecular complexity index is 1030. The van der Waals surface area contributed by atoms with Gasteiger partial charge in [0.05, 0.1) is 10.9 Å². The van der Waals surface area contributed by atoms with E-state index in [4.69, 9.17) is 0 Å². The molecule has 0 radical (unpaired) electrons.